The third kappa shape index (κ3) is 3.41. The van der Waals surface area contributed by atoms with Gasteiger partial charge in [0.1, 0.15) is 17.6 Å². The van der Waals surface area contributed by atoms with Crippen LogP contribution in [0.15, 0.2) is 16.5 Å². The van der Waals surface area contributed by atoms with Gasteiger partial charge in [0, 0.05) is 19.0 Å². The second-order valence-electron chi connectivity index (χ2n) is 7.41. The number of amides is 3. The fourth-order valence-electron chi connectivity index (χ4n) is 3.66. The molecule has 0 aromatic carbocycles. The first-order valence-electron chi connectivity index (χ1n) is 8.73. The predicted octanol–water partition coefficient (Wildman–Crippen LogP) is 0.967. The number of carbonyl (C=O) groups excluding carboxylic acids is 3. The van der Waals surface area contributed by atoms with Gasteiger partial charge in [0.25, 0.3) is 0 Å². The van der Waals surface area contributed by atoms with Crippen LogP contribution in [-0.2, 0) is 20.9 Å². The molecule has 0 saturated carbocycles. The maximum atomic E-state index is 12.5. The van der Waals surface area contributed by atoms with Crippen molar-refractivity contribution in [2.75, 3.05) is 13.1 Å². The molecule has 3 heterocycles. The number of likely N-dealkylation sites (tertiary alicyclic amines) is 1. The molecule has 2 aliphatic rings. The quantitative estimate of drug-likeness (QED) is 0.849. The molecule has 2 aliphatic heterocycles. The summed E-state index contributed by atoms with van der Waals surface area (Å²) in [5.41, 5.74) is -0.631. The highest BCUT2D eigenvalue weighted by molar-refractivity contribution is 5.95. The smallest absolute Gasteiger partial charge is 0.242 e. The Labute approximate surface area is 147 Å². The zero-order valence-corrected chi connectivity index (χ0v) is 14.9. The molecule has 3 amide bonds. The van der Waals surface area contributed by atoms with Gasteiger partial charge in [0.2, 0.25) is 17.7 Å². The molecule has 2 atom stereocenters. The van der Waals surface area contributed by atoms with Gasteiger partial charge in [-0.3, -0.25) is 14.4 Å². The highest BCUT2D eigenvalue weighted by atomic mass is 16.3. The van der Waals surface area contributed by atoms with Crippen molar-refractivity contribution in [3.63, 3.8) is 0 Å². The summed E-state index contributed by atoms with van der Waals surface area (Å²) in [5.74, 6) is 1.10. The predicted molar refractivity (Wildman–Crippen MR) is 90.3 cm³/mol. The summed E-state index contributed by atoms with van der Waals surface area (Å²) in [6.45, 7) is 6.82. The van der Waals surface area contributed by atoms with Crippen molar-refractivity contribution >= 4 is 17.7 Å². The Bertz CT molecular complexity index is 696. The molecular weight excluding hydrogens is 322 g/mol. The molecule has 2 saturated heterocycles. The lowest BCUT2D eigenvalue weighted by Gasteiger charge is -2.22. The van der Waals surface area contributed by atoms with Crippen LogP contribution in [0.5, 0.6) is 0 Å². The van der Waals surface area contributed by atoms with Gasteiger partial charge >= 0.3 is 0 Å². The van der Waals surface area contributed by atoms with Crippen molar-refractivity contribution in [2.45, 2.75) is 46.2 Å². The van der Waals surface area contributed by atoms with E-state index in [2.05, 4.69) is 10.6 Å². The van der Waals surface area contributed by atoms with Crippen LogP contribution in [0.2, 0.25) is 0 Å². The summed E-state index contributed by atoms with van der Waals surface area (Å²) in [4.78, 5) is 38.8. The van der Waals surface area contributed by atoms with E-state index in [-0.39, 0.29) is 23.6 Å². The Hall–Kier alpha value is -2.31. The van der Waals surface area contributed by atoms with Crippen LogP contribution in [-0.4, -0.2) is 41.8 Å². The summed E-state index contributed by atoms with van der Waals surface area (Å²) in [5, 5.41) is 5.60. The second-order valence-corrected chi connectivity index (χ2v) is 7.41. The number of nitrogens with zero attached hydrogens (tertiary/aromatic N) is 1. The number of aryl methyl sites for hydroxylation is 1. The van der Waals surface area contributed by atoms with Crippen LogP contribution < -0.4 is 10.6 Å². The maximum absolute atomic E-state index is 12.5. The number of rotatable bonds is 4. The molecule has 0 unspecified atom stereocenters. The van der Waals surface area contributed by atoms with Crippen molar-refractivity contribution in [3.05, 3.63) is 23.7 Å². The van der Waals surface area contributed by atoms with Gasteiger partial charge in [-0.25, -0.2) is 0 Å². The van der Waals surface area contributed by atoms with Crippen molar-refractivity contribution in [1.82, 2.24) is 15.5 Å². The third-order valence-electron chi connectivity index (χ3n) is 5.09. The molecular formula is C18H25N3O4. The number of nitrogens with one attached hydrogen (secondary N) is 2. The van der Waals surface area contributed by atoms with Crippen molar-refractivity contribution < 1.29 is 18.8 Å². The highest BCUT2D eigenvalue weighted by Crippen LogP contribution is 2.39. The monoisotopic (exact) mass is 347 g/mol. The first-order valence-corrected chi connectivity index (χ1v) is 8.73. The Morgan fingerprint density at radius 3 is 2.84 bits per heavy atom. The summed E-state index contributed by atoms with van der Waals surface area (Å²) in [6.07, 6.45) is 1.04. The molecule has 1 aromatic heterocycles. The van der Waals surface area contributed by atoms with Gasteiger partial charge in [-0.05, 0) is 31.9 Å². The summed E-state index contributed by atoms with van der Waals surface area (Å²) < 4.78 is 5.43. The molecule has 7 heteroatoms. The normalized spacial score (nSPS) is 25.7. The van der Waals surface area contributed by atoms with Gasteiger partial charge in [-0.15, -0.1) is 0 Å². The molecule has 3 rings (SSSR count). The van der Waals surface area contributed by atoms with Crippen molar-refractivity contribution in [3.8, 4) is 0 Å². The van der Waals surface area contributed by atoms with Gasteiger partial charge in [-0.2, -0.15) is 0 Å². The van der Waals surface area contributed by atoms with Gasteiger partial charge in [0.05, 0.1) is 12.0 Å². The topological polar surface area (TPSA) is 91.7 Å². The van der Waals surface area contributed by atoms with E-state index in [0.29, 0.717) is 38.2 Å². The van der Waals surface area contributed by atoms with E-state index >= 15 is 0 Å². The minimum absolute atomic E-state index is 0.0609. The van der Waals surface area contributed by atoms with E-state index in [9.17, 15) is 14.4 Å². The van der Waals surface area contributed by atoms with Crippen LogP contribution in [0.3, 0.4) is 0 Å². The van der Waals surface area contributed by atoms with Gasteiger partial charge < -0.3 is 20.0 Å². The first kappa shape index (κ1) is 17.5. The Balaban J connectivity index is 1.58. The summed E-state index contributed by atoms with van der Waals surface area (Å²) in [7, 11) is 0. The Morgan fingerprint density at radius 2 is 2.20 bits per heavy atom. The second kappa shape index (κ2) is 6.54. The van der Waals surface area contributed by atoms with Crippen LogP contribution >= 0.6 is 0 Å². The SMILES string of the molecule is Cc1ccc(CNC(=O)[C@@H]2C[C@]3(CCN(C(=O)C(C)C)C3)C(=O)N2)o1. The molecule has 136 valence electrons. The molecule has 7 nitrogen and oxygen atoms in total. The lowest BCUT2D eigenvalue weighted by Crippen LogP contribution is -2.41. The average Bonchev–Trinajstić information content (AvgIpc) is 3.26. The average molecular weight is 347 g/mol. The van der Waals surface area contributed by atoms with Crippen LogP contribution in [0, 0.1) is 18.3 Å². The Morgan fingerprint density at radius 1 is 1.44 bits per heavy atom. The van der Waals surface area contributed by atoms with E-state index in [1.807, 2.05) is 32.9 Å². The zero-order valence-electron chi connectivity index (χ0n) is 14.9. The largest absolute Gasteiger partial charge is 0.465 e. The molecule has 2 N–H and O–H groups in total. The number of hydrogen-bond donors (Lipinski definition) is 2. The first-order chi connectivity index (χ1) is 11.8. The molecule has 1 spiro atoms. The minimum Gasteiger partial charge on any atom is -0.465 e. The zero-order chi connectivity index (χ0) is 18.2. The maximum Gasteiger partial charge on any atom is 0.242 e. The third-order valence-corrected chi connectivity index (χ3v) is 5.09. The van der Waals surface area contributed by atoms with E-state index in [1.54, 1.807) is 4.90 Å². The van der Waals surface area contributed by atoms with Crippen LogP contribution in [0.4, 0.5) is 0 Å². The molecule has 0 aliphatic carbocycles. The number of carbonyl (C=O) groups is 3. The Kier molecular flexibility index (Phi) is 4.58. The summed E-state index contributed by atoms with van der Waals surface area (Å²) in [6, 6.07) is 3.10. The van der Waals surface area contributed by atoms with Gasteiger partial charge in [-0.1, -0.05) is 13.8 Å². The van der Waals surface area contributed by atoms with Gasteiger partial charge in [0.15, 0.2) is 0 Å². The van der Waals surface area contributed by atoms with E-state index in [4.69, 9.17) is 4.42 Å². The molecule has 0 radical (unpaired) electrons. The minimum atomic E-state index is -0.631. The van der Waals surface area contributed by atoms with E-state index < -0.39 is 11.5 Å². The molecule has 2 fully saturated rings. The van der Waals surface area contributed by atoms with Crippen molar-refractivity contribution in [1.29, 1.82) is 0 Å². The molecule has 25 heavy (non-hydrogen) atoms. The lowest BCUT2D eigenvalue weighted by atomic mass is 9.84. The number of hydrogen-bond acceptors (Lipinski definition) is 4. The van der Waals surface area contributed by atoms with E-state index in [1.165, 1.54) is 0 Å². The fraction of sp³-hybridized carbons (Fsp3) is 0.611. The highest BCUT2D eigenvalue weighted by Gasteiger charge is 2.53. The summed E-state index contributed by atoms with van der Waals surface area (Å²) >= 11 is 0. The molecule has 1 aromatic rings. The molecule has 0 bridgehead atoms. The number of furan rings is 1. The van der Waals surface area contributed by atoms with Crippen LogP contribution in [0.1, 0.15) is 38.2 Å². The standard InChI is InChI=1S/C18H25N3O4/c1-11(2)16(23)21-7-6-18(10-21)8-14(20-17(18)24)15(22)19-9-13-5-4-12(3)25-13/h4-5,11,14H,6-10H2,1-3H3,(H,19,22)(H,20,24)/t14-,18-/m0/s1. The van der Waals surface area contributed by atoms with E-state index in [0.717, 1.165) is 5.76 Å². The van der Waals surface area contributed by atoms with Crippen molar-refractivity contribution in [2.24, 2.45) is 11.3 Å². The lowest BCUT2D eigenvalue weighted by molar-refractivity contribution is -0.134. The fourth-order valence-corrected chi connectivity index (χ4v) is 3.66. The van der Waals surface area contributed by atoms with Crippen LogP contribution in [0.25, 0.3) is 0 Å².